The molecule has 4 heterocycles. The number of piperidine rings is 1. The summed E-state index contributed by atoms with van der Waals surface area (Å²) in [5.74, 6) is 0.917. The molecule has 5 atom stereocenters. The Balaban J connectivity index is 1.13. The molecule has 2 bridgehead atoms. The number of amides is 2. The smallest absolute Gasteiger partial charge is 0.410 e. The fourth-order valence-electron chi connectivity index (χ4n) is 6.61. The van der Waals surface area contributed by atoms with E-state index in [1.54, 1.807) is 6.07 Å². The van der Waals surface area contributed by atoms with Gasteiger partial charge in [-0.25, -0.2) is 14.8 Å². The number of fused-ring (bicyclic) bond motifs is 3. The van der Waals surface area contributed by atoms with Gasteiger partial charge in [-0.1, -0.05) is 17.7 Å². The molecule has 3 unspecified atom stereocenters. The van der Waals surface area contributed by atoms with Gasteiger partial charge >= 0.3 is 6.09 Å². The Bertz CT molecular complexity index is 1480. The van der Waals surface area contributed by atoms with E-state index in [4.69, 9.17) is 21.4 Å². The van der Waals surface area contributed by atoms with Crippen LogP contribution in [-0.4, -0.2) is 72.3 Å². The quantitative estimate of drug-likeness (QED) is 0.396. The second kappa shape index (κ2) is 9.72. The van der Waals surface area contributed by atoms with E-state index >= 15 is 0 Å². The number of benzene rings is 1. The number of carbonyl (C=O) groups excluding carboxylic acids is 2. The van der Waals surface area contributed by atoms with Crippen LogP contribution in [0.4, 0.5) is 4.79 Å². The van der Waals surface area contributed by atoms with Crippen LogP contribution in [0.25, 0.3) is 11.0 Å². The zero-order chi connectivity index (χ0) is 28.5. The molecule has 2 saturated heterocycles. The molecule has 212 valence electrons. The molecule has 10 heteroatoms. The van der Waals surface area contributed by atoms with Gasteiger partial charge in [-0.2, -0.15) is 5.10 Å². The Morgan fingerprint density at radius 1 is 1.10 bits per heavy atom. The molecule has 2 amide bonds. The molecule has 3 aliphatic rings. The molecule has 1 aromatic carbocycles. The summed E-state index contributed by atoms with van der Waals surface area (Å²) < 4.78 is 7.69. The maximum atomic E-state index is 13.5. The predicted molar refractivity (Wildman–Crippen MR) is 153 cm³/mol. The molecular weight excluding hydrogens is 528 g/mol. The summed E-state index contributed by atoms with van der Waals surface area (Å²) in [6.45, 7) is 9.53. The van der Waals surface area contributed by atoms with Gasteiger partial charge in [0.25, 0.3) is 5.91 Å². The number of aromatic nitrogens is 4. The van der Waals surface area contributed by atoms with E-state index in [0.29, 0.717) is 10.6 Å². The second-order valence-electron chi connectivity index (χ2n) is 12.6. The van der Waals surface area contributed by atoms with E-state index in [0.717, 1.165) is 60.2 Å². The van der Waals surface area contributed by atoms with Gasteiger partial charge in [0.15, 0.2) is 0 Å². The molecule has 0 radical (unpaired) electrons. The first kappa shape index (κ1) is 27.0. The van der Waals surface area contributed by atoms with Crippen molar-refractivity contribution in [2.45, 2.75) is 102 Å². The van der Waals surface area contributed by atoms with Gasteiger partial charge in [-0.05, 0) is 84.4 Å². The lowest BCUT2D eigenvalue weighted by Gasteiger charge is -2.42. The summed E-state index contributed by atoms with van der Waals surface area (Å²) in [4.78, 5) is 39.0. The van der Waals surface area contributed by atoms with Crippen LogP contribution in [-0.2, 0) is 4.74 Å². The molecule has 1 aliphatic carbocycles. The minimum absolute atomic E-state index is 0.0443. The van der Waals surface area contributed by atoms with Crippen molar-refractivity contribution in [3.63, 3.8) is 0 Å². The highest BCUT2D eigenvalue weighted by molar-refractivity contribution is 6.31. The SMILES string of the molecule is Cc1ncc2c(n1)c(C)nn2C1CC1c1ccc(C(=O)N(C)C2C[C@H]3CC[C@@H](C2)N3C(=O)OC(C)(C)C)cc1Cl. The number of hydrogen-bond acceptors (Lipinski definition) is 6. The minimum Gasteiger partial charge on any atom is -0.444 e. The van der Waals surface area contributed by atoms with Gasteiger partial charge < -0.3 is 14.5 Å². The van der Waals surface area contributed by atoms with Crippen molar-refractivity contribution in [1.82, 2.24) is 29.5 Å². The van der Waals surface area contributed by atoms with E-state index in [2.05, 4.69) is 9.97 Å². The van der Waals surface area contributed by atoms with Crippen molar-refractivity contribution < 1.29 is 14.3 Å². The van der Waals surface area contributed by atoms with Gasteiger partial charge in [0.2, 0.25) is 0 Å². The highest BCUT2D eigenvalue weighted by atomic mass is 35.5. The lowest BCUT2D eigenvalue weighted by atomic mass is 9.95. The maximum Gasteiger partial charge on any atom is 0.410 e. The third-order valence-corrected chi connectivity index (χ3v) is 8.96. The largest absolute Gasteiger partial charge is 0.444 e. The number of nitrogens with zero attached hydrogens (tertiary/aromatic N) is 6. The van der Waals surface area contributed by atoms with Gasteiger partial charge in [0.1, 0.15) is 22.5 Å². The summed E-state index contributed by atoms with van der Waals surface area (Å²) >= 11 is 6.78. The first-order chi connectivity index (χ1) is 18.9. The zero-order valence-electron chi connectivity index (χ0n) is 24.0. The van der Waals surface area contributed by atoms with Crippen molar-refractivity contribution in [3.8, 4) is 0 Å². The third-order valence-electron chi connectivity index (χ3n) is 8.64. The van der Waals surface area contributed by atoms with Crippen molar-refractivity contribution in [1.29, 1.82) is 0 Å². The van der Waals surface area contributed by atoms with Gasteiger partial charge in [-0.3, -0.25) is 9.48 Å². The Kier molecular flexibility index (Phi) is 6.56. The Morgan fingerprint density at radius 2 is 1.80 bits per heavy atom. The second-order valence-corrected chi connectivity index (χ2v) is 13.0. The summed E-state index contributed by atoms with van der Waals surface area (Å²) in [7, 11) is 1.86. The number of halogens is 1. The fraction of sp³-hybridized carbons (Fsp3) is 0.567. The monoisotopic (exact) mass is 564 g/mol. The average molecular weight is 565 g/mol. The molecular formula is C30H37ClN6O3. The van der Waals surface area contributed by atoms with Crippen LogP contribution in [0, 0.1) is 13.8 Å². The standard InChI is InChI=1S/C30H37ClN6O3/c1-16-27-26(15-32-17(2)33-27)37(34-16)25-14-23(25)22-10-7-18(11-24(22)31)28(38)35(6)21-12-19-8-9-20(13-21)36(19)29(39)40-30(3,4)5/h7,10-11,15,19-21,23,25H,8-9,12-14H2,1-6H3/t19-,20+,21?,23?,25?. The molecule has 0 spiro atoms. The van der Waals surface area contributed by atoms with Crippen LogP contribution >= 0.6 is 11.6 Å². The van der Waals surface area contributed by atoms with Gasteiger partial charge in [0, 0.05) is 41.7 Å². The van der Waals surface area contributed by atoms with E-state index in [9.17, 15) is 9.59 Å². The number of hydrogen-bond donors (Lipinski definition) is 0. The van der Waals surface area contributed by atoms with Crippen molar-refractivity contribution in [2.75, 3.05) is 7.05 Å². The van der Waals surface area contributed by atoms with Crippen molar-refractivity contribution in [3.05, 3.63) is 52.1 Å². The minimum atomic E-state index is -0.523. The summed E-state index contributed by atoms with van der Waals surface area (Å²) in [6, 6.07) is 6.13. The van der Waals surface area contributed by atoms with Gasteiger partial charge in [-0.15, -0.1) is 0 Å². The number of carbonyl (C=O) groups is 2. The molecule has 2 aliphatic heterocycles. The van der Waals surface area contributed by atoms with Crippen LogP contribution in [0.5, 0.6) is 0 Å². The summed E-state index contributed by atoms with van der Waals surface area (Å²) in [5, 5.41) is 5.35. The first-order valence-corrected chi connectivity index (χ1v) is 14.6. The highest BCUT2D eigenvalue weighted by Gasteiger charge is 2.47. The highest BCUT2D eigenvalue weighted by Crippen LogP contribution is 2.54. The van der Waals surface area contributed by atoms with Crippen LogP contribution in [0.2, 0.25) is 5.02 Å². The van der Waals surface area contributed by atoms with E-state index < -0.39 is 5.60 Å². The molecule has 9 nitrogen and oxygen atoms in total. The third kappa shape index (κ3) is 4.82. The molecule has 0 N–H and O–H groups in total. The number of rotatable bonds is 4. The van der Waals surface area contributed by atoms with Crippen LogP contribution < -0.4 is 0 Å². The topological polar surface area (TPSA) is 93.5 Å². The number of ether oxygens (including phenoxy) is 1. The van der Waals surface area contributed by atoms with E-state index in [1.165, 1.54) is 0 Å². The van der Waals surface area contributed by atoms with Crippen LogP contribution in [0.3, 0.4) is 0 Å². The first-order valence-electron chi connectivity index (χ1n) is 14.2. The number of aryl methyl sites for hydroxylation is 2. The molecule has 3 aromatic rings. The van der Waals surface area contributed by atoms with Crippen molar-refractivity contribution >= 4 is 34.6 Å². The molecule has 3 fully saturated rings. The fourth-order valence-corrected chi connectivity index (χ4v) is 6.93. The molecule has 1 saturated carbocycles. The van der Waals surface area contributed by atoms with E-state index in [1.807, 2.05) is 74.5 Å². The van der Waals surface area contributed by atoms with Gasteiger partial charge in [0.05, 0.1) is 17.9 Å². The Morgan fingerprint density at radius 3 is 2.45 bits per heavy atom. The maximum absolute atomic E-state index is 13.5. The molecule has 2 aromatic heterocycles. The van der Waals surface area contributed by atoms with Crippen molar-refractivity contribution in [2.24, 2.45) is 0 Å². The van der Waals surface area contributed by atoms with Crippen LogP contribution in [0.1, 0.15) is 92.3 Å². The average Bonchev–Trinajstić information content (AvgIpc) is 3.54. The molecule has 6 rings (SSSR count). The van der Waals surface area contributed by atoms with E-state index in [-0.39, 0.29) is 42.1 Å². The Hall–Kier alpha value is -3.20. The lowest BCUT2D eigenvalue weighted by molar-refractivity contribution is -0.00112. The zero-order valence-corrected chi connectivity index (χ0v) is 24.8. The molecule has 40 heavy (non-hydrogen) atoms. The van der Waals surface area contributed by atoms with Crippen LogP contribution in [0.15, 0.2) is 24.4 Å². The summed E-state index contributed by atoms with van der Waals surface area (Å²) in [6.07, 6.45) is 5.94. The predicted octanol–water partition coefficient (Wildman–Crippen LogP) is 5.83. The normalized spacial score (nSPS) is 25.8. The summed E-state index contributed by atoms with van der Waals surface area (Å²) in [5.41, 5.74) is 3.81. The lowest BCUT2D eigenvalue weighted by Crippen LogP contribution is -2.53. The Labute approximate surface area is 239 Å².